The molecule has 4 nitrogen and oxygen atoms in total. The number of carbonyl (C=O) groups is 1. The fourth-order valence-electron chi connectivity index (χ4n) is 4.23. The molecule has 0 aromatic heterocycles. The molecule has 1 atom stereocenters. The maximum atomic E-state index is 13.6. The smallest absolute Gasteiger partial charge is 0.348 e. The molecule has 168 valence electrons. The molecule has 32 heavy (non-hydrogen) atoms. The predicted octanol–water partition coefficient (Wildman–Crippen LogP) is 5.11. The number of halogens is 1. The van der Waals surface area contributed by atoms with E-state index in [9.17, 15) is 9.90 Å². The van der Waals surface area contributed by atoms with E-state index in [4.69, 9.17) is 4.74 Å². The molecule has 1 aliphatic heterocycles. The minimum absolute atomic E-state index is 0. The van der Waals surface area contributed by atoms with Crippen LogP contribution in [0.2, 0.25) is 0 Å². The summed E-state index contributed by atoms with van der Waals surface area (Å²) in [4.78, 5) is 15.9. The van der Waals surface area contributed by atoms with E-state index < -0.39 is 17.7 Å². The predicted molar refractivity (Wildman–Crippen MR) is 129 cm³/mol. The summed E-state index contributed by atoms with van der Waals surface area (Å²) in [5.41, 5.74) is 0.0501. The Morgan fingerprint density at radius 3 is 1.78 bits per heavy atom. The lowest BCUT2D eigenvalue weighted by molar-refractivity contribution is -0.169. The molecular weight excluding hydrogens is 422 g/mol. The molecule has 1 heterocycles. The fourth-order valence-corrected chi connectivity index (χ4v) is 4.23. The first-order valence-corrected chi connectivity index (χ1v) is 11.0. The number of carbonyl (C=O) groups excluding carboxylic acids is 1. The van der Waals surface area contributed by atoms with Crippen molar-refractivity contribution in [2.75, 3.05) is 19.6 Å². The Bertz CT molecular complexity index is 920. The van der Waals surface area contributed by atoms with Crippen LogP contribution in [-0.4, -0.2) is 35.6 Å². The molecule has 1 aliphatic rings. The van der Waals surface area contributed by atoms with Crippen LogP contribution in [0, 0.1) is 0 Å². The number of hydrogen-bond donors (Lipinski definition) is 1. The van der Waals surface area contributed by atoms with Crippen LogP contribution in [0.3, 0.4) is 0 Å². The molecule has 0 bridgehead atoms. The minimum Gasteiger partial charge on any atom is -0.453 e. The van der Waals surface area contributed by atoms with Crippen molar-refractivity contribution in [3.8, 4) is 0 Å². The average molecular weight is 452 g/mol. The zero-order valence-corrected chi connectivity index (χ0v) is 18.9. The third-order valence-corrected chi connectivity index (χ3v) is 5.97. The molecule has 0 spiro atoms. The van der Waals surface area contributed by atoms with Gasteiger partial charge in [0, 0.05) is 6.54 Å². The Morgan fingerprint density at radius 1 is 0.812 bits per heavy atom. The van der Waals surface area contributed by atoms with Crippen molar-refractivity contribution in [3.63, 3.8) is 0 Å². The number of hydrogen-bond acceptors (Lipinski definition) is 4. The van der Waals surface area contributed by atoms with Crippen molar-refractivity contribution >= 4 is 18.4 Å². The highest BCUT2D eigenvalue weighted by Gasteiger charge is 2.43. The molecule has 4 rings (SSSR count). The topological polar surface area (TPSA) is 49.8 Å². The van der Waals surface area contributed by atoms with Gasteiger partial charge in [-0.05, 0) is 42.6 Å². The van der Waals surface area contributed by atoms with Gasteiger partial charge in [0.2, 0.25) is 5.60 Å². The van der Waals surface area contributed by atoms with Gasteiger partial charge in [0.25, 0.3) is 0 Å². The Balaban J connectivity index is 0.00000289. The number of nitrogens with zero attached hydrogens (tertiary/aromatic N) is 1. The third-order valence-electron chi connectivity index (χ3n) is 5.97. The summed E-state index contributed by atoms with van der Waals surface area (Å²) in [5, 5.41) is 11.7. The van der Waals surface area contributed by atoms with E-state index in [0.717, 1.165) is 31.5 Å². The number of esters is 1. The maximum Gasteiger partial charge on any atom is 0.348 e. The second-order valence-electron chi connectivity index (χ2n) is 8.11. The van der Waals surface area contributed by atoms with Gasteiger partial charge in [-0.25, -0.2) is 4.79 Å². The lowest BCUT2D eigenvalue weighted by Gasteiger charge is -2.33. The van der Waals surface area contributed by atoms with Crippen molar-refractivity contribution in [1.82, 2.24) is 4.90 Å². The summed E-state index contributed by atoms with van der Waals surface area (Å²) < 4.78 is 6.08. The number of ether oxygens (including phenoxy) is 1. The van der Waals surface area contributed by atoms with Crippen molar-refractivity contribution < 1.29 is 14.6 Å². The molecule has 1 saturated heterocycles. The average Bonchev–Trinajstić information content (AvgIpc) is 2.85. The lowest BCUT2D eigenvalue weighted by Crippen LogP contribution is -2.41. The van der Waals surface area contributed by atoms with Crippen LogP contribution in [0.4, 0.5) is 0 Å². The standard InChI is InChI=1S/C27H29NO3.ClH/c29-26(27(30,23-15-7-2-8-16-23)24-17-9-3-10-18-24)31-25(22-13-5-1-6-14-22)21-28-19-11-4-12-20-28;/h1-3,5-10,13-18,25,30H,4,11-12,19-21H2;1H. The first-order chi connectivity index (χ1) is 15.2. The third kappa shape index (κ3) is 5.39. The summed E-state index contributed by atoms with van der Waals surface area (Å²) in [6, 6.07) is 27.9. The van der Waals surface area contributed by atoms with Crippen LogP contribution in [-0.2, 0) is 15.1 Å². The van der Waals surface area contributed by atoms with E-state index in [1.165, 1.54) is 6.42 Å². The van der Waals surface area contributed by atoms with Gasteiger partial charge < -0.3 is 9.84 Å². The lowest BCUT2D eigenvalue weighted by atomic mass is 9.86. The number of piperidine rings is 1. The van der Waals surface area contributed by atoms with Crippen LogP contribution in [0.1, 0.15) is 42.1 Å². The van der Waals surface area contributed by atoms with Crippen molar-refractivity contribution in [1.29, 1.82) is 0 Å². The van der Waals surface area contributed by atoms with Gasteiger partial charge >= 0.3 is 5.97 Å². The molecule has 0 saturated carbocycles. The Morgan fingerprint density at radius 2 is 1.28 bits per heavy atom. The van der Waals surface area contributed by atoms with Gasteiger partial charge in [0.05, 0.1) is 0 Å². The Hall–Kier alpha value is -2.66. The fraction of sp³-hybridized carbons (Fsp3) is 0.296. The minimum atomic E-state index is -1.88. The van der Waals surface area contributed by atoms with Crippen molar-refractivity contribution in [2.24, 2.45) is 0 Å². The van der Waals surface area contributed by atoms with Crippen molar-refractivity contribution in [2.45, 2.75) is 31.0 Å². The van der Waals surface area contributed by atoms with E-state index in [-0.39, 0.29) is 12.4 Å². The molecule has 0 amide bonds. The van der Waals surface area contributed by atoms with Gasteiger partial charge in [0.15, 0.2) is 0 Å². The molecular formula is C27H30ClNO3. The summed E-state index contributed by atoms with van der Waals surface area (Å²) in [6.07, 6.45) is 3.11. The SMILES string of the molecule is Cl.O=C(OC(CN1CCCCC1)c1ccccc1)C(O)(c1ccccc1)c1ccccc1. The van der Waals surface area contributed by atoms with E-state index >= 15 is 0 Å². The maximum absolute atomic E-state index is 13.6. The number of rotatable bonds is 7. The summed E-state index contributed by atoms with van der Waals surface area (Å²) in [5.74, 6) is -0.657. The summed E-state index contributed by atoms with van der Waals surface area (Å²) in [7, 11) is 0. The van der Waals surface area contributed by atoms with E-state index in [2.05, 4.69) is 4.90 Å². The zero-order valence-electron chi connectivity index (χ0n) is 18.1. The molecule has 1 N–H and O–H groups in total. The van der Waals surface area contributed by atoms with E-state index in [0.29, 0.717) is 17.7 Å². The highest BCUT2D eigenvalue weighted by Crippen LogP contribution is 2.33. The van der Waals surface area contributed by atoms with E-state index in [1.807, 2.05) is 66.7 Å². The number of benzene rings is 3. The number of likely N-dealkylation sites (tertiary alicyclic amines) is 1. The first-order valence-electron chi connectivity index (χ1n) is 11.0. The van der Waals surface area contributed by atoms with Crippen LogP contribution in [0.5, 0.6) is 0 Å². The zero-order chi connectivity index (χ0) is 21.5. The summed E-state index contributed by atoms with van der Waals surface area (Å²) in [6.45, 7) is 2.63. The van der Waals surface area contributed by atoms with Gasteiger partial charge in [0.1, 0.15) is 6.10 Å². The second-order valence-corrected chi connectivity index (χ2v) is 8.11. The second kappa shape index (κ2) is 11.3. The van der Waals surface area contributed by atoms with Gasteiger partial charge in [-0.2, -0.15) is 0 Å². The molecule has 1 fully saturated rings. The molecule has 5 heteroatoms. The molecule has 1 unspecified atom stereocenters. The van der Waals surface area contributed by atoms with E-state index in [1.54, 1.807) is 24.3 Å². The van der Waals surface area contributed by atoms with Crippen LogP contribution in [0.15, 0.2) is 91.0 Å². The van der Waals surface area contributed by atoms with Crippen LogP contribution in [0.25, 0.3) is 0 Å². The van der Waals surface area contributed by atoms with Crippen molar-refractivity contribution in [3.05, 3.63) is 108 Å². The number of aliphatic hydroxyl groups is 1. The largest absolute Gasteiger partial charge is 0.453 e. The Kier molecular flexibility index (Phi) is 8.46. The molecule has 0 radical (unpaired) electrons. The molecule has 3 aromatic carbocycles. The first kappa shape index (κ1) is 24.0. The monoisotopic (exact) mass is 451 g/mol. The van der Waals surface area contributed by atoms with Crippen LogP contribution < -0.4 is 0 Å². The quantitative estimate of drug-likeness (QED) is 0.507. The van der Waals surface area contributed by atoms with Gasteiger partial charge in [-0.15, -0.1) is 12.4 Å². The van der Waals surface area contributed by atoms with Crippen LogP contribution >= 0.6 is 12.4 Å². The van der Waals surface area contributed by atoms with Gasteiger partial charge in [-0.3, -0.25) is 4.90 Å². The Labute approximate surface area is 196 Å². The molecule has 3 aromatic rings. The normalized spacial score (nSPS) is 15.4. The highest BCUT2D eigenvalue weighted by atomic mass is 35.5. The van der Waals surface area contributed by atoms with Gasteiger partial charge in [-0.1, -0.05) is 97.4 Å². The molecule has 0 aliphatic carbocycles. The summed E-state index contributed by atoms with van der Waals surface area (Å²) >= 11 is 0. The highest BCUT2D eigenvalue weighted by molar-refractivity contribution is 5.86.